The van der Waals surface area contributed by atoms with Crippen LogP contribution in [0.1, 0.15) is 11.1 Å². The predicted octanol–water partition coefficient (Wildman–Crippen LogP) is 1.98. The third kappa shape index (κ3) is 5.66. The summed E-state index contributed by atoms with van der Waals surface area (Å²) in [7, 11) is 1.23. The van der Waals surface area contributed by atoms with Crippen molar-refractivity contribution in [2.24, 2.45) is 10.2 Å². The van der Waals surface area contributed by atoms with E-state index < -0.39 is 11.9 Å². The monoisotopic (exact) mass is 422 g/mol. The Morgan fingerprint density at radius 3 is 2.89 bits per heavy atom. The number of esters is 1. The molecule has 2 fully saturated rings. The first kappa shape index (κ1) is 20.6. The zero-order valence-electron chi connectivity index (χ0n) is 15.2. The van der Waals surface area contributed by atoms with Crippen LogP contribution in [0.15, 0.2) is 39.4 Å². The van der Waals surface area contributed by atoms with Crippen LogP contribution in [0.5, 0.6) is 0 Å². The molecule has 7 nitrogen and oxygen atoms in total. The maximum Gasteiger partial charge on any atom is 0.331 e. The molecular weight excluding hydrogens is 403 g/mol. The molecule has 0 aliphatic carbocycles. The molecule has 28 heavy (non-hydrogen) atoms. The molecule has 0 aromatic heterocycles. The van der Waals surface area contributed by atoms with Crippen LogP contribution in [0.3, 0.4) is 0 Å². The van der Waals surface area contributed by atoms with E-state index in [1.54, 1.807) is 12.1 Å². The van der Waals surface area contributed by atoms with E-state index in [0.717, 1.165) is 42.4 Å². The van der Waals surface area contributed by atoms with Gasteiger partial charge in [0.15, 0.2) is 5.17 Å². The van der Waals surface area contributed by atoms with Crippen molar-refractivity contribution in [3.05, 3.63) is 46.1 Å². The third-order valence-corrected chi connectivity index (χ3v) is 5.87. The molecule has 1 amide bonds. The fourth-order valence-corrected chi connectivity index (χ4v) is 4.28. The van der Waals surface area contributed by atoms with Gasteiger partial charge in [-0.1, -0.05) is 12.1 Å². The number of methoxy groups -OCH3 is 1. The van der Waals surface area contributed by atoms with Crippen molar-refractivity contribution >= 4 is 46.8 Å². The van der Waals surface area contributed by atoms with E-state index in [0.29, 0.717) is 17.7 Å². The number of hydrogen-bond acceptors (Lipinski definition) is 8. The van der Waals surface area contributed by atoms with E-state index in [2.05, 4.69) is 25.2 Å². The molecule has 148 valence electrons. The van der Waals surface area contributed by atoms with E-state index in [1.165, 1.54) is 19.4 Å². The smallest absolute Gasteiger partial charge is 0.331 e. The van der Waals surface area contributed by atoms with Crippen LogP contribution < -0.4 is 5.32 Å². The minimum Gasteiger partial charge on any atom is -0.466 e. The summed E-state index contributed by atoms with van der Waals surface area (Å²) in [6, 6.07) is 4.96. The Hall–Kier alpha value is -2.17. The van der Waals surface area contributed by atoms with Crippen molar-refractivity contribution in [3.8, 4) is 0 Å². The molecule has 0 unspecified atom stereocenters. The molecule has 2 aliphatic rings. The molecule has 0 spiro atoms. The molecular formula is C18H19FN4O3S2. The first-order valence-electron chi connectivity index (χ1n) is 8.53. The maximum atomic E-state index is 14.3. The largest absolute Gasteiger partial charge is 0.466 e. The number of amidine groups is 1. The molecule has 0 bridgehead atoms. The Morgan fingerprint density at radius 2 is 2.18 bits per heavy atom. The van der Waals surface area contributed by atoms with Crippen LogP contribution >= 0.6 is 23.5 Å². The number of ether oxygens (including phenoxy) is 1. The predicted molar refractivity (Wildman–Crippen MR) is 110 cm³/mol. The zero-order valence-corrected chi connectivity index (χ0v) is 16.8. The summed E-state index contributed by atoms with van der Waals surface area (Å²) in [6.07, 6.45) is 2.49. The molecule has 2 heterocycles. The second kappa shape index (κ2) is 9.85. The summed E-state index contributed by atoms with van der Waals surface area (Å²) in [5, 5.41) is 10.5. The average Bonchev–Trinajstić information content (AvgIpc) is 3.04. The zero-order chi connectivity index (χ0) is 19.9. The first-order valence-corrected chi connectivity index (χ1v) is 10.5. The molecule has 1 aromatic rings. The molecule has 2 saturated heterocycles. The van der Waals surface area contributed by atoms with Crippen LogP contribution in [-0.2, 0) is 20.9 Å². The average molecular weight is 423 g/mol. The highest BCUT2D eigenvalue weighted by molar-refractivity contribution is 8.18. The highest BCUT2D eigenvalue weighted by atomic mass is 32.2. The van der Waals surface area contributed by atoms with Crippen LogP contribution in [0.2, 0.25) is 0 Å². The third-order valence-electron chi connectivity index (χ3n) is 4.03. The highest BCUT2D eigenvalue weighted by Crippen LogP contribution is 2.23. The fraction of sp³-hybridized carbons (Fsp3) is 0.333. The number of nitrogens with zero attached hydrogens (tertiary/aromatic N) is 3. The number of carbonyl (C=O) groups excluding carboxylic acids is 2. The van der Waals surface area contributed by atoms with E-state index in [1.807, 2.05) is 11.8 Å². The second-order valence-electron chi connectivity index (χ2n) is 5.98. The van der Waals surface area contributed by atoms with Crippen molar-refractivity contribution in [1.29, 1.82) is 0 Å². The van der Waals surface area contributed by atoms with Crippen molar-refractivity contribution in [1.82, 2.24) is 10.2 Å². The summed E-state index contributed by atoms with van der Waals surface area (Å²) < 4.78 is 18.8. The van der Waals surface area contributed by atoms with E-state index in [-0.39, 0.29) is 15.9 Å². The minimum atomic E-state index is -0.624. The molecule has 2 aliphatic heterocycles. The lowest BCUT2D eigenvalue weighted by Gasteiger charge is -2.26. The summed E-state index contributed by atoms with van der Waals surface area (Å²) in [6.45, 7) is 2.55. The lowest BCUT2D eigenvalue weighted by atomic mass is 10.1. The van der Waals surface area contributed by atoms with Crippen LogP contribution in [0.4, 0.5) is 4.39 Å². The number of carbonyl (C=O) groups is 2. The van der Waals surface area contributed by atoms with E-state index >= 15 is 0 Å². The van der Waals surface area contributed by atoms with Gasteiger partial charge in [0, 0.05) is 42.8 Å². The Kier molecular flexibility index (Phi) is 7.24. The maximum absolute atomic E-state index is 14.3. The summed E-state index contributed by atoms with van der Waals surface area (Å²) in [5.41, 5.74) is 1.23. The van der Waals surface area contributed by atoms with Crippen molar-refractivity contribution in [2.75, 3.05) is 31.7 Å². The van der Waals surface area contributed by atoms with Crippen molar-refractivity contribution < 1.29 is 18.7 Å². The number of hydrogen-bond donors (Lipinski definition) is 1. The van der Waals surface area contributed by atoms with E-state index in [4.69, 9.17) is 0 Å². The molecule has 0 atom stereocenters. The topological polar surface area (TPSA) is 83.4 Å². The van der Waals surface area contributed by atoms with Gasteiger partial charge in [-0.3, -0.25) is 15.0 Å². The number of amides is 1. The number of halogens is 1. The number of rotatable bonds is 5. The highest BCUT2D eigenvalue weighted by Gasteiger charge is 2.25. The normalized spacial score (nSPS) is 20.9. The Morgan fingerprint density at radius 1 is 1.39 bits per heavy atom. The van der Waals surface area contributed by atoms with Crippen LogP contribution in [-0.4, -0.2) is 59.9 Å². The van der Waals surface area contributed by atoms with Gasteiger partial charge in [-0.15, -0.1) is 5.10 Å². The second-order valence-corrected chi connectivity index (χ2v) is 8.23. The van der Waals surface area contributed by atoms with Gasteiger partial charge in [-0.05, 0) is 23.4 Å². The quantitative estimate of drug-likeness (QED) is 0.338. The molecule has 1 N–H and O–H groups in total. The Bertz CT molecular complexity index is 851. The van der Waals surface area contributed by atoms with Gasteiger partial charge < -0.3 is 4.74 Å². The molecule has 0 radical (unpaired) electrons. The van der Waals surface area contributed by atoms with Crippen molar-refractivity contribution in [2.45, 2.75) is 6.54 Å². The standard InChI is InChI=1S/C18H19FN4O3S2/c1-26-16(24)9-15-17(25)21-18(28-15)22-20-10-12-2-3-13(14(19)8-12)11-23-4-6-27-7-5-23/h2-3,8-10H,4-7,11H2,1H3,(H,21,22,25)/b15-9+,20-10?. The van der Waals surface area contributed by atoms with Crippen molar-refractivity contribution in [3.63, 3.8) is 0 Å². The summed E-state index contributed by atoms with van der Waals surface area (Å²) >= 11 is 2.90. The van der Waals surface area contributed by atoms with Gasteiger partial charge in [0.1, 0.15) is 5.82 Å². The van der Waals surface area contributed by atoms with Crippen LogP contribution in [0, 0.1) is 5.82 Å². The van der Waals surface area contributed by atoms with Gasteiger partial charge in [0.05, 0.1) is 18.2 Å². The molecule has 3 rings (SSSR count). The fourth-order valence-electron chi connectivity index (χ4n) is 2.56. The summed E-state index contributed by atoms with van der Waals surface area (Å²) in [4.78, 5) is 25.3. The van der Waals surface area contributed by atoms with Gasteiger partial charge in [0.2, 0.25) is 0 Å². The SMILES string of the molecule is COC(=O)/C=C1/S/C(=N\N=Cc2ccc(CN3CCSCC3)c(F)c2)NC1=O. The van der Waals surface area contributed by atoms with Gasteiger partial charge in [-0.2, -0.15) is 16.9 Å². The summed E-state index contributed by atoms with van der Waals surface area (Å²) in [5.74, 6) is 0.814. The lowest BCUT2D eigenvalue weighted by Crippen LogP contribution is -2.32. The Labute approximate surface area is 170 Å². The molecule has 0 saturated carbocycles. The van der Waals surface area contributed by atoms with E-state index in [9.17, 15) is 14.0 Å². The van der Waals surface area contributed by atoms with Gasteiger partial charge in [0.25, 0.3) is 5.91 Å². The Balaban J connectivity index is 1.60. The first-order chi connectivity index (χ1) is 13.5. The molecule has 1 aromatic carbocycles. The van der Waals surface area contributed by atoms with Gasteiger partial charge in [-0.25, -0.2) is 9.18 Å². The lowest BCUT2D eigenvalue weighted by molar-refractivity contribution is -0.135. The number of thioether (sulfide) groups is 2. The molecule has 10 heteroatoms. The van der Waals surface area contributed by atoms with Gasteiger partial charge >= 0.3 is 5.97 Å². The number of nitrogens with one attached hydrogen (secondary N) is 1. The minimum absolute atomic E-state index is 0.173. The van der Waals surface area contributed by atoms with Crippen LogP contribution in [0.25, 0.3) is 0 Å². The number of benzene rings is 1.